The second-order valence-corrected chi connectivity index (χ2v) is 8.80. The van der Waals surface area contributed by atoms with E-state index in [1.165, 1.54) is 0 Å². The average Bonchev–Trinajstić information content (AvgIpc) is 3.06. The van der Waals surface area contributed by atoms with Gasteiger partial charge >= 0.3 is 6.18 Å². The Kier molecular flexibility index (Phi) is 6.06. The van der Waals surface area contributed by atoms with Crippen LogP contribution in [-0.4, -0.2) is 91.3 Å². The van der Waals surface area contributed by atoms with Gasteiger partial charge in [-0.3, -0.25) is 25.3 Å². The Morgan fingerprint density at radius 2 is 2.00 bits per heavy atom. The molecule has 6 unspecified atom stereocenters. The summed E-state index contributed by atoms with van der Waals surface area (Å²) in [6, 6.07) is 0.346. The van der Waals surface area contributed by atoms with Crippen molar-refractivity contribution in [3.05, 3.63) is 0 Å². The molecule has 6 atom stereocenters. The molecule has 0 aromatic carbocycles. The summed E-state index contributed by atoms with van der Waals surface area (Å²) < 4.78 is 40.2. The fraction of sp³-hybridized carbons (Fsp3) is 0.941. The van der Waals surface area contributed by atoms with Crippen LogP contribution in [-0.2, 0) is 4.79 Å². The first-order valence-electron chi connectivity index (χ1n) is 10.0. The Hall–Kier alpha value is -0.650. The largest absolute Gasteiger partial charge is 0.393 e. The molecule has 0 radical (unpaired) electrons. The first-order chi connectivity index (χ1) is 13.3. The lowest BCUT2D eigenvalue weighted by Crippen LogP contribution is -2.65. The third-order valence-corrected chi connectivity index (χ3v) is 7.22. The summed E-state index contributed by atoms with van der Waals surface area (Å²) in [5.41, 5.74) is 5.43. The summed E-state index contributed by atoms with van der Waals surface area (Å²) in [7, 11) is 0. The molecule has 11 heteroatoms. The lowest BCUT2D eigenvalue weighted by atomic mass is 9.85. The summed E-state index contributed by atoms with van der Waals surface area (Å²) in [5.74, 6) is -1.85. The minimum absolute atomic E-state index is 0.0190. The summed E-state index contributed by atoms with van der Waals surface area (Å²) in [4.78, 5) is 16.2. The summed E-state index contributed by atoms with van der Waals surface area (Å²) >= 11 is 6.29. The lowest BCUT2D eigenvalue weighted by Gasteiger charge is -2.44. The topological polar surface area (TPSA) is 71.7 Å². The molecule has 0 bridgehead atoms. The van der Waals surface area contributed by atoms with Gasteiger partial charge in [0.05, 0.1) is 5.92 Å². The van der Waals surface area contributed by atoms with E-state index in [2.05, 4.69) is 31.3 Å². The van der Waals surface area contributed by atoms with Gasteiger partial charge in [0.2, 0.25) is 0 Å². The van der Waals surface area contributed by atoms with Crippen LogP contribution in [0, 0.1) is 11.8 Å². The van der Waals surface area contributed by atoms with E-state index in [9.17, 15) is 18.0 Å². The molecule has 7 nitrogen and oxygen atoms in total. The monoisotopic (exact) mass is 424 g/mol. The first kappa shape index (κ1) is 20.6. The van der Waals surface area contributed by atoms with Crippen molar-refractivity contribution < 1.29 is 18.0 Å². The second-order valence-electron chi connectivity index (χ2n) is 8.33. The van der Waals surface area contributed by atoms with Crippen molar-refractivity contribution in [2.75, 3.05) is 45.9 Å². The molecule has 160 valence electrons. The van der Waals surface area contributed by atoms with Gasteiger partial charge in [-0.05, 0) is 25.3 Å². The molecule has 1 amide bonds. The molecule has 0 aliphatic carbocycles. The molecule has 0 spiro atoms. The smallest absolute Gasteiger partial charge is 0.316 e. The molecular formula is C17H28ClF3N6O. The molecule has 4 fully saturated rings. The van der Waals surface area contributed by atoms with E-state index in [0.717, 1.165) is 19.5 Å². The van der Waals surface area contributed by atoms with Gasteiger partial charge in [0.25, 0.3) is 5.91 Å². The van der Waals surface area contributed by atoms with E-state index in [4.69, 9.17) is 11.6 Å². The predicted molar refractivity (Wildman–Crippen MR) is 98.6 cm³/mol. The number of piperidine rings is 2. The highest BCUT2D eigenvalue weighted by Crippen LogP contribution is 2.36. The highest BCUT2D eigenvalue weighted by molar-refractivity contribution is 6.31. The van der Waals surface area contributed by atoms with Crippen LogP contribution in [0.1, 0.15) is 12.8 Å². The van der Waals surface area contributed by atoms with Crippen LogP contribution in [0.25, 0.3) is 0 Å². The Morgan fingerprint density at radius 1 is 1.18 bits per heavy atom. The van der Waals surface area contributed by atoms with Gasteiger partial charge in [-0.25, -0.2) is 5.43 Å². The number of hydrogen-bond donors (Lipinski definition) is 4. The molecule has 0 aromatic heterocycles. The molecule has 0 saturated carbocycles. The fourth-order valence-electron chi connectivity index (χ4n) is 5.18. The standard InChI is InChI=1S/C17H28ClF3N6O/c18-15-14(6-24-25-16(15)28)26-4-2-13-12(8-26)23-9-27(13)7-10-1-3-22-5-11(10)17(19,20)21/h10-15,22-24H,1-9H2,(H,25,28). The number of nitrogens with one attached hydrogen (secondary N) is 4. The zero-order valence-electron chi connectivity index (χ0n) is 15.6. The quantitative estimate of drug-likeness (QED) is 0.466. The van der Waals surface area contributed by atoms with E-state index < -0.39 is 17.5 Å². The SMILES string of the molecule is O=C1NNCC(N2CCC3C(C2)NCN3CC2CCNCC2C(F)(F)F)C1Cl. The van der Waals surface area contributed by atoms with Crippen molar-refractivity contribution >= 4 is 17.5 Å². The van der Waals surface area contributed by atoms with Crippen LogP contribution in [0.5, 0.6) is 0 Å². The Morgan fingerprint density at radius 3 is 2.79 bits per heavy atom. The molecular weight excluding hydrogens is 397 g/mol. The zero-order chi connectivity index (χ0) is 19.9. The van der Waals surface area contributed by atoms with Crippen molar-refractivity contribution in [2.45, 2.75) is 42.5 Å². The minimum Gasteiger partial charge on any atom is -0.316 e. The maximum absolute atomic E-state index is 13.4. The number of hydrogen-bond acceptors (Lipinski definition) is 6. The molecule has 4 rings (SSSR count). The number of rotatable bonds is 3. The normalized spacial score (nSPS) is 40.9. The van der Waals surface area contributed by atoms with Gasteiger partial charge in [-0.15, -0.1) is 11.6 Å². The fourth-order valence-corrected chi connectivity index (χ4v) is 5.48. The number of carbonyl (C=O) groups is 1. The number of carbonyl (C=O) groups excluding carboxylic acids is 1. The molecule has 28 heavy (non-hydrogen) atoms. The predicted octanol–water partition coefficient (Wildman–Crippen LogP) is -0.310. The number of fused-ring (bicyclic) bond motifs is 1. The molecule has 4 heterocycles. The average molecular weight is 425 g/mol. The number of halogens is 4. The van der Waals surface area contributed by atoms with Crippen LogP contribution in [0.15, 0.2) is 0 Å². The van der Waals surface area contributed by atoms with Crippen molar-refractivity contribution in [3.8, 4) is 0 Å². The van der Waals surface area contributed by atoms with Crippen LogP contribution in [0.3, 0.4) is 0 Å². The van der Waals surface area contributed by atoms with E-state index >= 15 is 0 Å². The number of alkyl halides is 4. The highest BCUT2D eigenvalue weighted by atomic mass is 35.5. The van der Waals surface area contributed by atoms with Crippen LogP contribution in [0.4, 0.5) is 13.2 Å². The van der Waals surface area contributed by atoms with Gasteiger partial charge in [0, 0.05) is 57.5 Å². The second kappa shape index (κ2) is 8.23. The molecule has 4 N–H and O–H groups in total. The van der Waals surface area contributed by atoms with Crippen molar-refractivity contribution in [2.24, 2.45) is 11.8 Å². The number of hydrazine groups is 1. The Bertz CT molecular complexity index is 582. The third-order valence-electron chi connectivity index (χ3n) is 6.73. The van der Waals surface area contributed by atoms with Crippen LogP contribution < -0.4 is 21.5 Å². The minimum atomic E-state index is -4.15. The van der Waals surface area contributed by atoms with Gasteiger partial charge in [0.1, 0.15) is 5.38 Å². The zero-order valence-corrected chi connectivity index (χ0v) is 16.4. The van der Waals surface area contributed by atoms with Gasteiger partial charge < -0.3 is 5.32 Å². The molecule has 4 saturated heterocycles. The highest BCUT2D eigenvalue weighted by Gasteiger charge is 2.48. The van der Waals surface area contributed by atoms with Gasteiger partial charge in [-0.2, -0.15) is 13.2 Å². The maximum atomic E-state index is 13.4. The molecule has 0 aromatic rings. The van der Waals surface area contributed by atoms with Crippen molar-refractivity contribution in [3.63, 3.8) is 0 Å². The third kappa shape index (κ3) is 4.13. The summed E-state index contributed by atoms with van der Waals surface area (Å²) in [6.07, 6.45) is -2.74. The van der Waals surface area contributed by atoms with Gasteiger partial charge in [-0.1, -0.05) is 0 Å². The van der Waals surface area contributed by atoms with Crippen LogP contribution in [0.2, 0.25) is 0 Å². The molecule has 4 aliphatic heterocycles. The summed E-state index contributed by atoms with van der Waals surface area (Å²) in [6.45, 7) is 3.88. The molecule has 4 aliphatic rings. The maximum Gasteiger partial charge on any atom is 0.393 e. The number of likely N-dealkylation sites (tertiary alicyclic amines) is 1. The Labute approximate surface area is 167 Å². The number of amides is 1. The van der Waals surface area contributed by atoms with E-state index in [-0.39, 0.29) is 36.5 Å². The van der Waals surface area contributed by atoms with Crippen molar-refractivity contribution in [1.82, 2.24) is 31.3 Å². The number of nitrogens with zero attached hydrogens (tertiary/aromatic N) is 2. The van der Waals surface area contributed by atoms with Gasteiger partial charge in [0.15, 0.2) is 0 Å². The Balaban J connectivity index is 1.36. The van der Waals surface area contributed by atoms with Crippen molar-refractivity contribution in [1.29, 1.82) is 0 Å². The van der Waals surface area contributed by atoms with E-state index in [1.54, 1.807) is 0 Å². The van der Waals surface area contributed by atoms with E-state index in [0.29, 0.717) is 32.7 Å². The lowest BCUT2D eigenvalue weighted by molar-refractivity contribution is -0.194. The van der Waals surface area contributed by atoms with E-state index in [1.807, 2.05) is 0 Å². The first-order valence-corrected chi connectivity index (χ1v) is 10.4. The van der Waals surface area contributed by atoms with Crippen LogP contribution >= 0.6 is 11.6 Å². The summed E-state index contributed by atoms with van der Waals surface area (Å²) in [5, 5.41) is 5.76.